The third kappa shape index (κ3) is 3.48. The molecule has 0 saturated carbocycles. The quantitative estimate of drug-likeness (QED) is 0.764. The molecule has 0 unspecified atom stereocenters. The van der Waals surface area contributed by atoms with Crippen LogP contribution in [0.15, 0.2) is 24.3 Å². The smallest absolute Gasteiger partial charge is 0.113 e. The molecule has 1 N–H and O–H groups in total. The number of aliphatic hydroxyl groups excluding tert-OH is 1. The largest absolute Gasteiger partial charge is 0.394 e. The van der Waals surface area contributed by atoms with Gasteiger partial charge in [-0.15, -0.1) is 0 Å². The molecular weight excluding hydrogens is 213 g/mol. The van der Waals surface area contributed by atoms with E-state index in [1.54, 1.807) is 0 Å². The number of aliphatic hydroxyl groups is 1. The Balaban J connectivity index is 1.84. The average Bonchev–Trinajstić information content (AvgIpc) is 2.38. The minimum Gasteiger partial charge on any atom is -0.394 e. The lowest BCUT2D eigenvalue weighted by Crippen LogP contribution is -2.37. The van der Waals surface area contributed by atoms with Crippen LogP contribution >= 0.6 is 0 Å². The first-order chi connectivity index (χ1) is 8.29. The highest BCUT2D eigenvalue weighted by atomic mass is 16.5. The molecule has 1 heterocycles. The van der Waals surface area contributed by atoms with Crippen LogP contribution in [0.25, 0.3) is 0 Å². The van der Waals surface area contributed by atoms with Gasteiger partial charge in [0, 0.05) is 18.8 Å². The molecule has 0 atom stereocenters. The van der Waals surface area contributed by atoms with Gasteiger partial charge in [0.15, 0.2) is 0 Å². The molecule has 2 rings (SSSR count). The van der Waals surface area contributed by atoms with Crippen LogP contribution in [0.3, 0.4) is 0 Å². The summed E-state index contributed by atoms with van der Waals surface area (Å²) in [7, 11) is 5.67. The second-order valence-corrected chi connectivity index (χ2v) is 4.37. The minimum atomic E-state index is 0.109. The van der Waals surface area contributed by atoms with Crippen LogP contribution in [-0.4, -0.2) is 45.4 Å². The SMILES string of the molecule is [B]c1ccc(N2CCC(OCCO)CC2)cc1. The van der Waals surface area contributed by atoms with Gasteiger partial charge in [0.25, 0.3) is 0 Å². The number of ether oxygens (including phenoxy) is 1. The normalized spacial score (nSPS) is 17.4. The lowest BCUT2D eigenvalue weighted by atomic mass is 9.96. The summed E-state index contributed by atoms with van der Waals surface area (Å²) in [5, 5.41) is 8.71. The van der Waals surface area contributed by atoms with Crippen LogP contribution in [0.2, 0.25) is 0 Å². The second kappa shape index (κ2) is 6.08. The van der Waals surface area contributed by atoms with Gasteiger partial charge in [-0.1, -0.05) is 17.6 Å². The molecule has 1 aromatic rings. The number of anilines is 1. The summed E-state index contributed by atoms with van der Waals surface area (Å²) in [4.78, 5) is 2.35. The predicted octanol–water partition coefficient (Wildman–Crippen LogP) is 0.458. The van der Waals surface area contributed by atoms with Crippen molar-refractivity contribution < 1.29 is 9.84 Å². The van der Waals surface area contributed by atoms with Gasteiger partial charge in [-0.25, -0.2) is 0 Å². The molecule has 17 heavy (non-hydrogen) atoms. The molecule has 0 aromatic heterocycles. The van der Waals surface area contributed by atoms with Crippen molar-refractivity contribution >= 4 is 19.0 Å². The summed E-state index contributed by atoms with van der Waals surface area (Å²) >= 11 is 0. The monoisotopic (exact) mass is 231 g/mol. The van der Waals surface area contributed by atoms with Crippen LogP contribution in [0.1, 0.15) is 12.8 Å². The summed E-state index contributed by atoms with van der Waals surface area (Å²) in [5.41, 5.74) is 2.02. The predicted molar refractivity (Wildman–Crippen MR) is 70.1 cm³/mol. The Kier molecular flexibility index (Phi) is 4.46. The highest BCUT2D eigenvalue weighted by molar-refractivity contribution is 6.32. The summed E-state index contributed by atoms with van der Waals surface area (Å²) in [6, 6.07) is 7.99. The van der Waals surface area contributed by atoms with Crippen LogP contribution in [0.4, 0.5) is 5.69 Å². The zero-order valence-corrected chi connectivity index (χ0v) is 10.0. The van der Waals surface area contributed by atoms with Crippen LogP contribution in [0.5, 0.6) is 0 Å². The number of hydrogen-bond acceptors (Lipinski definition) is 3. The van der Waals surface area contributed by atoms with E-state index in [-0.39, 0.29) is 6.61 Å². The fourth-order valence-corrected chi connectivity index (χ4v) is 2.19. The number of nitrogens with zero attached hydrogens (tertiary/aromatic N) is 1. The lowest BCUT2D eigenvalue weighted by Gasteiger charge is -2.33. The molecule has 3 nitrogen and oxygen atoms in total. The van der Waals surface area contributed by atoms with E-state index < -0.39 is 0 Å². The Labute approximate surface area is 104 Å². The maximum atomic E-state index is 8.71. The molecule has 1 aliphatic rings. The first-order valence-corrected chi connectivity index (χ1v) is 6.12. The van der Waals surface area contributed by atoms with E-state index >= 15 is 0 Å². The summed E-state index contributed by atoms with van der Waals surface area (Å²) in [6.45, 7) is 2.56. The van der Waals surface area contributed by atoms with Gasteiger partial charge in [0.05, 0.1) is 19.3 Å². The number of rotatable bonds is 4. The van der Waals surface area contributed by atoms with Crippen LogP contribution < -0.4 is 10.4 Å². The molecule has 0 amide bonds. The molecule has 1 fully saturated rings. The average molecular weight is 231 g/mol. The van der Waals surface area contributed by atoms with Gasteiger partial charge in [0.1, 0.15) is 7.85 Å². The number of benzene rings is 1. The summed E-state index contributed by atoms with van der Waals surface area (Å²) in [5.74, 6) is 0. The fraction of sp³-hybridized carbons (Fsp3) is 0.538. The molecule has 1 aliphatic heterocycles. The van der Waals surface area contributed by atoms with Gasteiger partial charge >= 0.3 is 0 Å². The molecule has 1 aromatic carbocycles. The van der Waals surface area contributed by atoms with E-state index in [0.717, 1.165) is 31.4 Å². The summed E-state index contributed by atoms with van der Waals surface area (Å²) < 4.78 is 5.54. The van der Waals surface area contributed by atoms with Crippen molar-refractivity contribution in [2.45, 2.75) is 18.9 Å². The van der Waals surface area contributed by atoms with Crippen molar-refractivity contribution in [1.29, 1.82) is 0 Å². The van der Waals surface area contributed by atoms with E-state index in [1.165, 1.54) is 5.69 Å². The van der Waals surface area contributed by atoms with Gasteiger partial charge in [0.2, 0.25) is 0 Å². The van der Waals surface area contributed by atoms with E-state index in [9.17, 15) is 0 Å². The Hall–Kier alpha value is -0.995. The summed E-state index contributed by atoms with van der Waals surface area (Å²) in [6.07, 6.45) is 2.33. The van der Waals surface area contributed by atoms with Crippen molar-refractivity contribution in [3.8, 4) is 0 Å². The first-order valence-electron chi connectivity index (χ1n) is 6.12. The standard InChI is InChI=1S/C13H18BNO2/c14-11-1-3-12(4-2-11)15-7-5-13(6-8-15)17-10-9-16/h1-4,13,16H,5-10H2. The molecular formula is C13H18BNO2. The van der Waals surface area contributed by atoms with E-state index in [1.807, 2.05) is 12.1 Å². The van der Waals surface area contributed by atoms with Gasteiger partial charge < -0.3 is 14.7 Å². The number of hydrogen-bond donors (Lipinski definition) is 1. The Morgan fingerprint density at radius 2 is 1.88 bits per heavy atom. The maximum Gasteiger partial charge on any atom is 0.113 e. The maximum absolute atomic E-state index is 8.71. The highest BCUT2D eigenvalue weighted by Gasteiger charge is 2.19. The van der Waals surface area contributed by atoms with Crippen molar-refractivity contribution in [3.63, 3.8) is 0 Å². The Morgan fingerprint density at radius 3 is 2.47 bits per heavy atom. The lowest BCUT2D eigenvalue weighted by molar-refractivity contribution is 0.0159. The highest BCUT2D eigenvalue weighted by Crippen LogP contribution is 2.20. The van der Waals surface area contributed by atoms with Gasteiger partial charge in [-0.2, -0.15) is 0 Å². The topological polar surface area (TPSA) is 32.7 Å². The molecule has 0 bridgehead atoms. The first kappa shape index (κ1) is 12.5. The third-order valence-electron chi connectivity index (χ3n) is 3.15. The Bertz CT molecular complexity index is 334. The van der Waals surface area contributed by atoms with E-state index in [4.69, 9.17) is 17.7 Å². The van der Waals surface area contributed by atoms with Crippen molar-refractivity contribution in [2.24, 2.45) is 0 Å². The molecule has 0 aliphatic carbocycles. The second-order valence-electron chi connectivity index (χ2n) is 4.37. The van der Waals surface area contributed by atoms with Crippen LogP contribution in [-0.2, 0) is 4.74 Å². The van der Waals surface area contributed by atoms with E-state index in [0.29, 0.717) is 12.7 Å². The molecule has 90 valence electrons. The Morgan fingerprint density at radius 1 is 1.24 bits per heavy atom. The van der Waals surface area contributed by atoms with Gasteiger partial charge in [-0.3, -0.25) is 0 Å². The van der Waals surface area contributed by atoms with Crippen LogP contribution in [0, 0.1) is 0 Å². The van der Waals surface area contributed by atoms with Crippen molar-refractivity contribution in [1.82, 2.24) is 0 Å². The van der Waals surface area contributed by atoms with E-state index in [2.05, 4.69) is 17.0 Å². The minimum absolute atomic E-state index is 0.109. The molecule has 0 spiro atoms. The molecule has 2 radical (unpaired) electrons. The number of piperidine rings is 1. The molecule has 4 heteroatoms. The third-order valence-corrected chi connectivity index (χ3v) is 3.15. The van der Waals surface area contributed by atoms with Gasteiger partial charge in [-0.05, 0) is 25.0 Å². The van der Waals surface area contributed by atoms with Crippen molar-refractivity contribution in [2.75, 3.05) is 31.2 Å². The zero-order valence-electron chi connectivity index (χ0n) is 10.0. The molecule has 1 saturated heterocycles. The zero-order chi connectivity index (χ0) is 12.1. The fourth-order valence-electron chi connectivity index (χ4n) is 2.19. The van der Waals surface area contributed by atoms with Crippen molar-refractivity contribution in [3.05, 3.63) is 24.3 Å².